The molecule has 0 fully saturated rings. The summed E-state index contributed by atoms with van der Waals surface area (Å²) in [7, 11) is 3.35. The van der Waals surface area contributed by atoms with E-state index in [0.29, 0.717) is 42.6 Å². The van der Waals surface area contributed by atoms with Gasteiger partial charge >= 0.3 is 0 Å². The molecule has 0 saturated carbocycles. The van der Waals surface area contributed by atoms with Gasteiger partial charge in [-0.1, -0.05) is 18.2 Å². The van der Waals surface area contributed by atoms with Gasteiger partial charge in [-0.25, -0.2) is 14.6 Å². The Morgan fingerprint density at radius 3 is 2.74 bits per heavy atom. The van der Waals surface area contributed by atoms with E-state index in [4.69, 9.17) is 14.9 Å². The average molecular weight is 420 g/mol. The maximum atomic E-state index is 12.3. The Morgan fingerprint density at radius 1 is 1.23 bits per heavy atom. The molecule has 0 saturated heterocycles. The first kappa shape index (κ1) is 21.8. The van der Waals surface area contributed by atoms with E-state index in [9.17, 15) is 4.79 Å². The van der Waals surface area contributed by atoms with Crippen LogP contribution in [-0.4, -0.2) is 53.3 Å². The van der Waals surface area contributed by atoms with E-state index >= 15 is 0 Å². The fourth-order valence-corrected chi connectivity index (χ4v) is 2.83. The number of ether oxygens (including phenoxy) is 2. The first-order chi connectivity index (χ1) is 15.1. The number of rotatable bonds is 10. The van der Waals surface area contributed by atoms with Crippen LogP contribution >= 0.6 is 0 Å². The number of benzene rings is 1. The predicted octanol–water partition coefficient (Wildman–Crippen LogP) is 1.98. The molecule has 0 radical (unpaired) electrons. The van der Waals surface area contributed by atoms with Gasteiger partial charge < -0.3 is 20.2 Å². The normalized spacial score (nSPS) is 11.2. The van der Waals surface area contributed by atoms with Gasteiger partial charge in [-0.3, -0.25) is 4.79 Å². The standard InChI is InChI=1S/C22H24N6O3/c1-24-13-18(12-23)28-7-6-21(29)20(27-28)11-16-4-3-5-17(10-16)22-25-14-19(15-26-22)31-9-8-30-2/h3-7,10,12-15,23-24H,8-9,11H2,1-2H3/b18-13+,23-12?. The number of allylic oxidation sites excluding steroid dienone is 1. The van der Waals surface area contributed by atoms with Gasteiger partial charge in [0.15, 0.2) is 11.6 Å². The molecule has 0 spiro atoms. The minimum absolute atomic E-state index is 0.163. The highest BCUT2D eigenvalue weighted by Crippen LogP contribution is 2.19. The number of nitrogens with one attached hydrogen (secondary N) is 2. The van der Waals surface area contributed by atoms with Crippen molar-refractivity contribution in [2.24, 2.45) is 0 Å². The SMILES string of the molecule is CN/C=C(\C=N)n1ccc(=O)c(Cc2cccc(-c3ncc(OCCOC)cn3)c2)n1. The van der Waals surface area contributed by atoms with Crippen LogP contribution in [0.15, 0.2) is 59.9 Å². The second-order valence-corrected chi connectivity index (χ2v) is 6.53. The molecule has 9 nitrogen and oxygen atoms in total. The van der Waals surface area contributed by atoms with Crippen LogP contribution in [0.4, 0.5) is 0 Å². The molecule has 0 bridgehead atoms. The highest BCUT2D eigenvalue weighted by atomic mass is 16.5. The summed E-state index contributed by atoms with van der Waals surface area (Å²) in [5.74, 6) is 1.13. The summed E-state index contributed by atoms with van der Waals surface area (Å²) in [5, 5.41) is 14.8. The van der Waals surface area contributed by atoms with E-state index in [1.54, 1.807) is 38.9 Å². The molecule has 9 heteroatoms. The summed E-state index contributed by atoms with van der Waals surface area (Å²) in [6.45, 7) is 0.921. The first-order valence-electron chi connectivity index (χ1n) is 9.65. The van der Waals surface area contributed by atoms with Gasteiger partial charge in [0, 0.05) is 50.8 Å². The van der Waals surface area contributed by atoms with Crippen LogP contribution in [0.2, 0.25) is 0 Å². The fourth-order valence-electron chi connectivity index (χ4n) is 2.83. The number of aromatic nitrogens is 4. The van der Waals surface area contributed by atoms with Crippen molar-refractivity contribution in [2.45, 2.75) is 6.42 Å². The average Bonchev–Trinajstić information content (AvgIpc) is 2.80. The molecule has 0 aliphatic heterocycles. The summed E-state index contributed by atoms with van der Waals surface area (Å²) in [6.07, 6.45) is 7.93. The Bertz CT molecular complexity index is 1110. The van der Waals surface area contributed by atoms with Crippen molar-refractivity contribution in [2.75, 3.05) is 27.4 Å². The van der Waals surface area contributed by atoms with Crippen LogP contribution in [-0.2, 0) is 11.2 Å². The van der Waals surface area contributed by atoms with Gasteiger partial charge in [-0.05, 0) is 11.6 Å². The Morgan fingerprint density at radius 2 is 2.03 bits per heavy atom. The number of nitrogens with zero attached hydrogens (tertiary/aromatic N) is 4. The summed E-state index contributed by atoms with van der Waals surface area (Å²) < 4.78 is 11.9. The van der Waals surface area contributed by atoms with Gasteiger partial charge in [0.1, 0.15) is 12.3 Å². The molecule has 160 valence electrons. The Labute approximate surface area is 179 Å². The third-order valence-electron chi connectivity index (χ3n) is 4.33. The van der Waals surface area contributed by atoms with Gasteiger partial charge in [0.2, 0.25) is 5.43 Å². The molecule has 1 aromatic carbocycles. The van der Waals surface area contributed by atoms with Crippen molar-refractivity contribution >= 4 is 11.9 Å². The van der Waals surface area contributed by atoms with Gasteiger partial charge in [-0.15, -0.1) is 0 Å². The van der Waals surface area contributed by atoms with Crippen molar-refractivity contribution in [1.29, 1.82) is 5.41 Å². The quantitative estimate of drug-likeness (QED) is 0.381. The Kier molecular flexibility index (Phi) is 7.61. The second-order valence-electron chi connectivity index (χ2n) is 6.53. The largest absolute Gasteiger partial charge is 0.488 e. The highest BCUT2D eigenvalue weighted by molar-refractivity contribution is 5.99. The fraction of sp³-hybridized carbons (Fsp3) is 0.227. The number of methoxy groups -OCH3 is 1. The lowest BCUT2D eigenvalue weighted by Gasteiger charge is -2.09. The molecule has 0 aliphatic carbocycles. The minimum Gasteiger partial charge on any atom is -0.488 e. The van der Waals surface area contributed by atoms with Crippen LogP contribution in [0.3, 0.4) is 0 Å². The van der Waals surface area contributed by atoms with Crippen LogP contribution in [0, 0.1) is 5.41 Å². The minimum atomic E-state index is -0.163. The van der Waals surface area contributed by atoms with Crippen molar-refractivity contribution in [1.82, 2.24) is 25.1 Å². The van der Waals surface area contributed by atoms with Gasteiger partial charge in [0.25, 0.3) is 0 Å². The topological polar surface area (TPSA) is 115 Å². The third kappa shape index (κ3) is 5.83. The molecule has 2 aromatic heterocycles. The zero-order valence-corrected chi connectivity index (χ0v) is 17.4. The molecular formula is C22H24N6O3. The number of hydrogen-bond donors (Lipinski definition) is 2. The van der Waals surface area contributed by atoms with Crippen molar-refractivity contribution in [3.63, 3.8) is 0 Å². The van der Waals surface area contributed by atoms with Gasteiger partial charge in [-0.2, -0.15) is 5.10 Å². The molecule has 3 aromatic rings. The Hall–Kier alpha value is -3.85. The van der Waals surface area contributed by atoms with E-state index in [1.165, 1.54) is 17.0 Å². The third-order valence-corrected chi connectivity index (χ3v) is 4.33. The van der Waals surface area contributed by atoms with Crippen LogP contribution < -0.4 is 15.5 Å². The zero-order valence-electron chi connectivity index (χ0n) is 17.4. The monoisotopic (exact) mass is 420 g/mol. The molecule has 31 heavy (non-hydrogen) atoms. The molecule has 2 N–H and O–H groups in total. The summed E-state index contributed by atoms with van der Waals surface area (Å²) >= 11 is 0. The summed E-state index contributed by atoms with van der Waals surface area (Å²) in [5.41, 5.74) is 2.46. The first-order valence-corrected chi connectivity index (χ1v) is 9.65. The van der Waals surface area contributed by atoms with Gasteiger partial charge in [0.05, 0.1) is 24.7 Å². The summed E-state index contributed by atoms with van der Waals surface area (Å²) in [6, 6.07) is 9.10. The second kappa shape index (κ2) is 10.8. The lowest BCUT2D eigenvalue weighted by Crippen LogP contribution is -2.18. The Balaban J connectivity index is 1.80. The van der Waals surface area contributed by atoms with Crippen LogP contribution in [0.25, 0.3) is 17.1 Å². The van der Waals surface area contributed by atoms with E-state index in [0.717, 1.165) is 11.1 Å². The van der Waals surface area contributed by atoms with Crippen molar-refractivity contribution in [3.05, 3.63) is 76.6 Å². The summed E-state index contributed by atoms with van der Waals surface area (Å²) in [4.78, 5) is 21.1. The van der Waals surface area contributed by atoms with Crippen LogP contribution in [0.5, 0.6) is 5.75 Å². The smallest absolute Gasteiger partial charge is 0.203 e. The molecule has 0 atom stereocenters. The lowest BCUT2D eigenvalue weighted by molar-refractivity contribution is 0.146. The molecule has 0 amide bonds. The molecule has 2 heterocycles. The maximum absolute atomic E-state index is 12.3. The lowest BCUT2D eigenvalue weighted by atomic mass is 10.1. The van der Waals surface area contributed by atoms with Crippen molar-refractivity contribution < 1.29 is 9.47 Å². The molecule has 0 unspecified atom stereocenters. The highest BCUT2D eigenvalue weighted by Gasteiger charge is 2.09. The molecule has 0 aliphatic rings. The predicted molar refractivity (Wildman–Crippen MR) is 118 cm³/mol. The van der Waals surface area contributed by atoms with E-state index < -0.39 is 0 Å². The zero-order chi connectivity index (χ0) is 22.1. The maximum Gasteiger partial charge on any atom is 0.203 e. The van der Waals surface area contributed by atoms with Crippen LogP contribution in [0.1, 0.15) is 11.3 Å². The molecule has 3 rings (SSSR count). The van der Waals surface area contributed by atoms with E-state index in [-0.39, 0.29) is 5.43 Å². The van der Waals surface area contributed by atoms with E-state index in [1.807, 2.05) is 24.3 Å². The van der Waals surface area contributed by atoms with Crippen molar-refractivity contribution in [3.8, 4) is 17.1 Å². The number of hydrogen-bond acceptors (Lipinski definition) is 8. The van der Waals surface area contributed by atoms with E-state index in [2.05, 4.69) is 20.4 Å². The molecular weight excluding hydrogens is 396 g/mol.